The highest BCUT2D eigenvalue weighted by Crippen LogP contribution is 2.77. The van der Waals surface area contributed by atoms with Gasteiger partial charge >= 0.3 is 12.2 Å². The van der Waals surface area contributed by atoms with Crippen LogP contribution in [0.25, 0.3) is 0 Å². The van der Waals surface area contributed by atoms with E-state index in [-0.39, 0.29) is 29.1 Å². The molecule has 3 unspecified atom stereocenters. The van der Waals surface area contributed by atoms with Crippen molar-refractivity contribution in [3.05, 3.63) is 76.7 Å². The van der Waals surface area contributed by atoms with Crippen molar-refractivity contribution in [1.82, 2.24) is 15.6 Å². The Labute approximate surface area is 219 Å². The van der Waals surface area contributed by atoms with Gasteiger partial charge in [-0.1, -0.05) is 6.07 Å². The highest BCUT2D eigenvalue weighted by atomic mass is 19.4. The normalized spacial score (nSPS) is 22.7. The van der Waals surface area contributed by atoms with Crippen molar-refractivity contribution in [2.24, 2.45) is 5.92 Å². The predicted octanol–water partition coefficient (Wildman–Crippen LogP) is 4.98. The topological polar surface area (TPSA) is 113 Å². The minimum atomic E-state index is -4.76. The Bertz CT molecular complexity index is 1510. The van der Waals surface area contributed by atoms with Gasteiger partial charge in [-0.2, -0.15) is 13.2 Å². The molecule has 2 heterocycles. The number of amides is 3. The zero-order valence-corrected chi connectivity index (χ0v) is 20.2. The number of ether oxygens (including phenoxy) is 1. The van der Waals surface area contributed by atoms with Gasteiger partial charge in [-0.3, -0.25) is 4.79 Å². The number of anilines is 1. The lowest BCUT2D eigenvalue weighted by molar-refractivity contribution is -0.138. The first-order valence-corrected chi connectivity index (χ1v) is 12.3. The minimum Gasteiger partial charge on any atom is -0.508 e. The third kappa shape index (κ3) is 4.59. The van der Waals surface area contributed by atoms with Crippen molar-refractivity contribution in [1.29, 1.82) is 0 Å². The van der Waals surface area contributed by atoms with E-state index in [9.17, 15) is 32.3 Å². The molecule has 0 radical (unpaired) electrons. The average molecular weight is 542 g/mol. The number of fused-ring (bicyclic) bond motifs is 2. The van der Waals surface area contributed by atoms with Crippen molar-refractivity contribution < 1.29 is 37.0 Å². The molecular formula is C27H22F4N4O4. The zero-order valence-electron chi connectivity index (χ0n) is 20.2. The maximum atomic E-state index is 13.3. The molecule has 2 saturated carbocycles. The third-order valence-corrected chi connectivity index (χ3v) is 7.50. The lowest BCUT2D eigenvalue weighted by Crippen LogP contribution is -2.41. The van der Waals surface area contributed by atoms with E-state index in [4.69, 9.17) is 4.74 Å². The molecule has 4 N–H and O–H groups in total. The monoisotopic (exact) mass is 542 g/mol. The van der Waals surface area contributed by atoms with Gasteiger partial charge in [0, 0.05) is 36.2 Å². The van der Waals surface area contributed by atoms with E-state index in [1.165, 1.54) is 12.3 Å². The smallest absolute Gasteiger partial charge is 0.416 e. The molecule has 202 valence electrons. The fourth-order valence-electron chi connectivity index (χ4n) is 5.35. The van der Waals surface area contributed by atoms with Gasteiger partial charge in [0.1, 0.15) is 28.9 Å². The third-order valence-electron chi connectivity index (χ3n) is 7.50. The molecule has 1 aromatic heterocycles. The molecule has 6 rings (SSSR count). The zero-order chi connectivity index (χ0) is 27.5. The predicted molar refractivity (Wildman–Crippen MR) is 130 cm³/mol. The van der Waals surface area contributed by atoms with Crippen molar-refractivity contribution >= 4 is 17.8 Å². The summed E-state index contributed by atoms with van der Waals surface area (Å²) >= 11 is 0. The van der Waals surface area contributed by atoms with Gasteiger partial charge in [0.25, 0.3) is 0 Å². The number of benzene rings is 2. The van der Waals surface area contributed by atoms with Gasteiger partial charge in [0.15, 0.2) is 0 Å². The van der Waals surface area contributed by atoms with Crippen LogP contribution in [0.4, 0.5) is 28.2 Å². The number of urea groups is 1. The number of carbonyl (C=O) groups excluding carboxylic acids is 2. The molecule has 3 atom stereocenters. The number of alkyl halides is 3. The molecule has 0 spiro atoms. The minimum absolute atomic E-state index is 0.0336. The first-order valence-electron chi connectivity index (χ1n) is 12.3. The van der Waals surface area contributed by atoms with Crippen LogP contribution in [0.2, 0.25) is 0 Å². The Kier molecular flexibility index (Phi) is 5.67. The van der Waals surface area contributed by atoms with Crippen LogP contribution in [-0.2, 0) is 23.9 Å². The van der Waals surface area contributed by atoms with Crippen LogP contribution in [0, 0.1) is 11.7 Å². The maximum Gasteiger partial charge on any atom is 0.416 e. The number of phenolic OH excluding ortho intramolecular Hbond substituents is 1. The van der Waals surface area contributed by atoms with Gasteiger partial charge in [0.2, 0.25) is 5.91 Å². The number of nitrogens with one attached hydrogen (secondary N) is 3. The molecule has 0 bridgehead atoms. The van der Waals surface area contributed by atoms with Gasteiger partial charge in [0.05, 0.1) is 11.1 Å². The summed E-state index contributed by atoms with van der Waals surface area (Å²) in [7, 11) is 0. The standard InChI is InChI=1S/C27H22F4N4O4/c28-14-2-1-13(18(9-14)27(29,30)31)12-33-25(38)35-26-11-19(26)23(26)17-10-15(3-5-20(17)36)39-21-7-8-32-24-16(21)4-6-22(37)34-24/h1-3,5,7-10,19,23,36H,4,6,11-12H2,(H,32,34,37)(H2,33,35,38). The fourth-order valence-corrected chi connectivity index (χ4v) is 5.35. The van der Waals surface area contributed by atoms with Gasteiger partial charge < -0.3 is 25.8 Å². The molecular weight excluding hydrogens is 520 g/mol. The largest absolute Gasteiger partial charge is 0.508 e. The fraction of sp³-hybridized carbons (Fsp3) is 0.296. The molecule has 3 aromatic rings. The number of rotatable bonds is 6. The highest BCUT2D eigenvalue weighted by Gasteiger charge is 2.80. The lowest BCUT2D eigenvalue weighted by Gasteiger charge is -2.20. The molecule has 2 aliphatic carbocycles. The summed E-state index contributed by atoms with van der Waals surface area (Å²) in [6, 6.07) is 8.13. The second-order valence-corrected chi connectivity index (χ2v) is 9.94. The Balaban J connectivity index is 1.13. The quantitative estimate of drug-likeness (QED) is 0.329. The Hall–Kier alpha value is -4.35. The second-order valence-electron chi connectivity index (χ2n) is 9.94. The number of aromatic nitrogens is 1. The summed E-state index contributed by atoms with van der Waals surface area (Å²) in [6.45, 7) is -0.433. The van der Waals surface area contributed by atoms with Crippen molar-refractivity contribution in [2.45, 2.75) is 43.4 Å². The summed E-state index contributed by atoms with van der Waals surface area (Å²) in [5.41, 5.74) is -0.648. The van der Waals surface area contributed by atoms with Crippen molar-refractivity contribution in [3.63, 3.8) is 0 Å². The van der Waals surface area contributed by atoms with Crippen molar-refractivity contribution in [2.75, 3.05) is 5.32 Å². The highest BCUT2D eigenvalue weighted by molar-refractivity contribution is 5.93. The molecule has 39 heavy (non-hydrogen) atoms. The van der Waals surface area contributed by atoms with E-state index in [0.717, 1.165) is 17.7 Å². The molecule has 1 aliphatic heterocycles. The number of carbonyl (C=O) groups is 2. The Morgan fingerprint density at radius 1 is 1.18 bits per heavy atom. The Morgan fingerprint density at radius 2 is 2.00 bits per heavy atom. The van der Waals surface area contributed by atoms with Gasteiger partial charge in [-0.05, 0) is 60.7 Å². The number of nitrogens with zero attached hydrogens (tertiary/aromatic N) is 1. The molecule has 12 heteroatoms. The van der Waals surface area contributed by atoms with E-state index < -0.39 is 35.7 Å². The van der Waals surface area contributed by atoms with E-state index in [0.29, 0.717) is 48.2 Å². The van der Waals surface area contributed by atoms with Crippen LogP contribution in [-0.4, -0.2) is 27.6 Å². The maximum absolute atomic E-state index is 13.3. The number of pyridine rings is 1. The Morgan fingerprint density at radius 3 is 2.77 bits per heavy atom. The van der Waals surface area contributed by atoms with Crippen LogP contribution < -0.4 is 20.7 Å². The summed E-state index contributed by atoms with van der Waals surface area (Å²) in [6.07, 6.45) is -1.78. The van der Waals surface area contributed by atoms with E-state index >= 15 is 0 Å². The summed E-state index contributed by atoms with van der Waals surface area (Å²) in [5.74, 6) is 0.220. The van der Waals surface area contributed by atoms with E-state index in [1.807, 2.05) is 0 Å². The molecule has 0 saturated heterocycles. The van der Waals surface area contributed by atoms with Crippen LogP contribution in [0.1, 0.15) is 41.0 Å². The van der Waals surface area contributed by atoms with Crippen LogP contribution in [0.3, 0.4) is 0 Å². The molecule has 3 amide bonds. The number of halogens is 4. The molecule has 8 nitrogen and oxygen atoms in total. The van der Waals surface area contributed by atoms with Crippen molar-refractivity contribution in [3.8, 4) is 17.2 Å². The van der Waals surface area contributed by atoms with Crippen LogP contribution >= 0.6 is 0 Å². The lowest BCUT2D eigenvalue weighted by atomic mass is 9.99. The van der Waals surface area contributed by atoms with Crippen LogP contribution in [0.15, 0.2) is 48.7 Å². The van der Waals surface area contributed by atoms with E-state index in [1.54, 1.807) is 18.2 Å². The number of aromatic hydroxyl groups is 1. The second kappa shape index (κ2) is 8.85. The summed E-state index contributed by atoms with van der Waals surface area (Å²) in [4.78, 5) is 28.4. The summed E-state index contributed by atoms with van der Waals surface area (Å²) in [5, 5.41) is 18.5. The summed E-state index contributed by atoms with van der Waals surface area (Å²) < 4.78 is 59.1. The molecule has 2 aromatic carbocycles. The number of hydrogen-bond acceptors (Lipinski definition) is 5. The van der Waals surface area contributed by atoms with E-state index in [2.05, 4.69) is 20.9 Å². The number of hydrogen-bond donors (Lipinski definition) is 4. The van der Waals surface area contributed by atoms with Crippen LogP contribution in [0.5, 0.6) is 17.2 Å². The first kappa shape index (κ1) is 25.0. The van der Waals surface area contributed by atoms with Gasteiger partial charge in [-0.15, -0.1) is 0 Å². The first-order chi connectivity index (χ1) is 18.5. The number of phenols is 1. The molecule has 3 aliphatic rings. The molecule has 2 fully saturated rings. The SMILES string of the molecule is O=C1CCc2c(Oc3ccc(O)c(C4C5CC54NC(=O)NCc4ccc(F)cc4C(F)(F)F)c3)ccnc2N1. The van der Waals surface area contributed by atoms with Gasteiger partial charge in [-0.25, -0.2) is 14.2 Å². The average Bonchev–Trinajstić information content (AvgIpc) is 3.74.